The van der Waals surface area contributed by atoms with Gasteiger partial charge in [-0.05, 0) is 12.8 Å². The van der Waals surface area contributed by atoms with Crippen LogP contribution >= 0.6 is 7.82 Å². The molecule has 0 aliphatic rings. The molecule has 11 nitrogen and oxygen atoms in total. The van der Waals surface area contributed by atoms with E-state index in [-0.39, 0.29) is 19.4 Å². The minimum Gasteiger partial charge on any atom is -0.480 e. The van der Waals surface area contributed by atoms with Crippen LogP contribution in [0.25, 0.3) is 0 Å². The van der Waals surface area contributed by atoms with Crippen LogP contribution in [-0.4, -0.2) is 59.9 Å². The lowest BCUT2D eigenvalue weighted by Gasteiger charge is -2.20. The van der Waals surface area contributed by atoms with Crippen LogP contribution in [0.1, 0.15) is 187 Å². The van der Waals surface area contributed by atoms with Crippen molar-refractivity contribution in [3.63, 3.8) is 0 Å². The number of carbonyl (C=O) groups excluding carboxylic acids is 2. The molecule has 12 heteroatoms. The molecule has 0 aromatic rings. The van der Waals surface area contributed by atoms with Gasteiger partial charge in [0, 0.05) is 12.8 Å². The molecule has 0 aromatic heterocycles. The van der Waals surface area contributed by atoms with E-state index in [1.54, 1.807) is 0 Å². The lowest BCUT2D eigenvalue weighted by Crippen LogP contribution is -2.34. The number of carboxylic acids is 1. The third-order valence-corrected chi connectivity index (χ3v) is 9.56. The van der Waals surface area contributed by atoms with Crippen molar-refractivity contribution in [2.75, 3.05) is 19.8 Å². The average molecular weight is 722 g/mol. The van der Waals surface area contributed by atoms with Gasteiger partial charge in [0.15, 0.2) is 6.10 Å². The lowest BCUT2D eigenvalue weighted by molar-refractivity contribution is -0.161. The van der Waals surface area contributed by atoms with Crippen LogP contribution in [0.2, 0.25) is 0 Å². The maximum absolute atomic E-state index is 12.5. The van der Waals surface area contributed by atoms with Gasteiger partial charge >= 0.3 is 25.7 Å². The fourth-order valence-corrected chi connectivity index (χ4v) is 6.26. The van der Waals surface area contributed by atoms with Crippen molar-refractivity contribution in [1.29, 1.82) is 0 Å². The molecule has 0 amide bonds. The van der Waals surface area contributed by atoms with E-state index in [4.69, 9.17) is 24.8 Å². The summed E-state index contributed by atoms with van der Waals surface area (Å²) in [4.78, 5) is 45.4. The summed E-state index contributed by atoms with van der Waals surface area (Å²) in [5, 5.41) is 8.83. The Labute approximate surface area is 297 Å². The molecule has 4 N–H and O–H groups in total. The first-order valence-electron chi connectivity index (χ1n) is 19.6. The second-order valence-corrected chi connectivity index (χ2v) is 14.9. The molecular weight excluding hydrogens is 649 g/mol. The Bertz CT molecular complexity index is 859. The molecule has 0 aromatic carbocycles. The molecule has 3 unspecified atom stereocenters. The minimum atomic E-state index is -4.69. The molecule has 0 heterocycles. The van der Waals surface area contributed by atoms with Crippen LogP contribution < -0.4 is 5.73 Å². The van der Waals surface area contributed by atoms with Crippen molar-refractivity contribution in [3.8, 4) is 0 Å². The summed E-state index contributed by atoms with van der Waals surface area (Å²) in [6.07, 6.45) is 29.4. The van der Waals surface area contributed by atoms with Crippen LogP contribution in [0.3, 0.4) is 0 Å². The first kappa shape index (κ1) is 47.5. The number of esters is 2. The highest BCUT2D eigenvalue weighted by Crippen LogP contribution is 2.43. The van der Waals surface area contributed by atoms with Crippen molar-refractivity contribution in [2.24, 2.45) is 5.73 Å². The molecule has 0 bridgehead atoms. The number of carbonyl (C=O) groups is 3. The zero-order valence-corrected chi connectivity index (χ0v) is 31.9. The molecule has 0 fully saturated rings. The van der Waals surface area contributed by atoms with Crippen LogP contribution in [0, 0.1) is 0 Å². The third-order valence-electron chi connectivity index (χ3n) is 8.61. The number of phosphoric acid groups is 1. The fourth-order valence-electron chi connectivity index (χ4n) is 5.48. The first-order chi connectivity index (χ1) is 23.6. The van der Waals surface area contributed by atoms with Crippen LogP contribution in [-0.2, 0) is 37.5 Å². The van der Waals surface area contributed by atoms with Crippen LogP contribution in [0.4, 0.5) is 0 Å². The number of carboxylic acid groups (broad SMARTS) is 1. The molecule has 290 valence electrons. The van der Waals surface area contributed by atoms with E-state index in [9.17, 15) is 23.8 Å². The summed E-state index contributed by atoms with van der Waals surface area (Å²) in [6, 6.07) is -1.51. The second kappa shape index (κ2) is 33.6. The van der Waals surface area contributed by atoms with Gasteiger partial charge in [0.05, 0.1) is 13.2 Å². The molecular formula is C37H72NO10P. The Morgan fingerprint density at radius 3 is 1.29 bits per heavy atom. The molecule has 3 atom stereocenters. The highest BCUT2D eigenvalue weighted by molar-refractivity contribution is 7.47. The first-order valence-corrected chi connectivity index (χ1v) is 21.1. The fraction of sp³-hybridized carbons (Fsp3) is 0.919. The van der Waals surface area contributed by atoms with Crippen molar-refractivity contribution >= 4 is 25.7 Å². The van der Waals surface area contributed by atoms with Gasteiger partial charge in [-0.2, -0.15) is 0 Å². The number of hydrogen-bond acceptors (Lipinski definition) is 9. The van der Waals surface area contributed by atoms with Crippen LogP contribution in [0.5, 0.6) is 0 Å². The molecule has 0 aliphatic heterocycles. The number of unbranched alkanes of at least 4 members (excludes halogenated alkanes) is 23. The minimum absolute atomic E-state index is 0.168. The maximum atomic E-state index is 12.5. The van der Waals surface area contributed by atoms with Gasteiger partial charge in [0.1, 0.15) is 12.6 Å². The number of rotatable bonds is 37. The average Bonchev–Trinajstić information content (AvgIpc) is 3.07. The molecule has 0 saturated carbocycles. The van der Waals surface area contributed by atoms with Gasteiger partial charge in [-0.3, -0.25) is 23.4 Å². The van der Waals surface area contributed by atoms with E-state index < -0.39 is 51.1 Å². The van der Waals surface area contributed by atoms with E-state index in [1.807, 2.05) is 0 Å². The molecule has 0 saturated heterocycles. The van der Waals surface area contributed by atoms with E-state index >= 15 is 0 Å². The van der Waals surface area contributed by atoms with Crippen molar-refractivity contribution in [2.45, 2.75) is 199 Å². The Morgan fingerprint density at radius 1 is 0.551 bits per heavy atom. The Balaban J connectivity index is 4.15. The van der Waals surface area contributed by atoms with Gasteiger partial charge in [0.2, 0.25) is 0 Å². The molecule has 0 rings (SSSR count). The highest BCUT2D eigenvalue weighted by Gasteiger charge is 2.28. The summed E-state index contributed by atoms with van der Waals surface area (Å²) in [6.45, 7) is 2.71. The lowest BCUT2D eigenvalue weighted by atomic mass is 10.0. The van der Waals surface area contributed by atoms with E-state index in [0.29, 0.717) is 12.8 Å². The molecule has 0 spiro atoms. The number of aliphatic carboxylic acids is 1. The summed E-state index contributed by atoms with van der Waals surface area (Å²) in [7, 11) is -4.69. The van der Waals surface area contributed by atoms with Gasteiger partial charge in [0.25, 0.3) is 0 Å². The van der Waals surface area contributed by atoms with E-state index in [2.05, 4.69) is 18.4 Å². The van der Waals surface area contributed by atoms with Crippen molar-refractivity contribution in [1.82, 2.24) is 0 Å². The standard InChI is InChI=1S/C37H72NO10P/c1-3-5-7-9-10-11-12-13-14-15-16-17-18-19-20-21-22-23-25-27-29-36(40)48-33(30-45-35(39)28-26-24-8-6-4-2)31-46-49(43,44)47-32-34(38)37(41)42/h33-34H,3-32,38H2,1-2H3,(H,41,42)(H,43,44). The molecule has 0 radical (unpaired) electrons. The monoisotopic (exact) mass is 721 g/mol. The normalized spacial score (nSPS) is 13.9. The predicted molar refractivity (Wildman–Crippen MR) is 194 cm³/mol. The van der Waals surface area contributed by atoms with Gasteiger partial charge in [-0.25, -0.2) is 4.57 Å². The van der Waals surface area contributed by atoms with Gasteiger partial charge in [-0.15, -0.1) is 0 Å². The zero-order valence-electron chi connectivity index (χ0n) is 31.1. The summed E-state index contributed by atoms with van der Waals surface area (Å²) in [5.41, 5.74) is 5.30. The van der Waals surface area contributed by atoms with E-state index in [1.165, 1.54) is 103 Å². The van der Waals surface area contributed by atoms with Crippen LogP contribution in [0.15, 0.2) is 0 Å². The van der Waals surface area contributed by atoms with Crippen molar-refractivity contribution in [3.05, 3.63) is 0 Å². The highest BCUT2D eigenvalue weighted by atomic mass is 31.2. The second-order valence-electron chi connectivity index (χ2n) is 13.4. The topological polar surface area (TPSA) is 172 Å². The van der Waals surface area contributed by atoms with Gasteiger partial charge < -0.3 is 25.2 Å². The smallest absolute Gasteiger partial charge is 0.472 e. The Morgan fingerprint density at radius 2 is 0.898 bits per heavy atom. The number of ether oxygens (including phenoxy) is 2. The van der Waals surface area contributed by atoms with Crippen molar-refractivity contribution < 1.29 is 47.5 Å². The summed E-state index contributed by atoms with van der Waals surface area (Å²) < 4.78 is 32.4. The summed E-state index contributed by atoms with van der Waals surface area (Å²) in [5.74, 6) is -2.38. The van der Waals surface area contributed by atoms with Gasteiger partial charge in [-0.1, -0.05) is 162 Å². The molecule has 0 aliphatic carbocycles. The quantitative estimate of drug-likeness (QED) is 0.0317. The zero-order chi connectivity index (χ0) is 36.4. The predicted octanol–water partition coefficient (Wildman–Crippen LogP) is 9.56. The molecule has 49 heavy (non-hydrogen) atoms. The Hall–Kier alpha value is -1.52. The maximum Gasteiger partial charge on any atom is 0.472 e. The number of hydrogen-bond donors (Lipinski definition) is 3. The summed E-state index contributed by atoms with van der Waals surface area (Å²) >= 11 is 0. The SMILES string of the molecule is CCCCCCCCCCCCCCCCCCCCCCC(=O)OC(COC(=O)CCCCCCC)COP(=O)(O)OCC(N)C(=O)O. The largest absolute Gasteiger partial charge is 0.480 e. The Kier molecular flexibility index (Phi) is 32.6. The number of phosphoric ester groups is 1. The van der Waals surface area contributed by atoms with E-state index in [0.717, 1.165) is 44.9 Å². The number of nitrogens with two attached hydrogens (primary N) is 1. The third kappa shape index (κ3) is 33.4.